The molecule has 0 bridgehead atoms. The van der Waals surface area contributed by atoms with Crippen LogP contribution in [-0.2, 0) is 6.42 Å². The molecule has 3 rings (SSSR count). The summed E-state index contributed by atoms with van der Waals surface area (Å²) in [4.78, 5) is 15.2. The Labute approximate surface area is 185 Å². The number of carbonyl (C=O) groups is 1. The number of piperidine rings is 1. The van der Waals surface area contributed by atoms with Crippen molar-refractivity contribution in [3.05, 3.63) is 47.5 Å². The molecule has 1 aliphatic heterocycles. The van der Waals surface area contributed by atoms with E-state index < -0.39 is 0 Å². The molecule has 0 unspecified atom stereocenters. The van der Waals surface area contributed by atoms with Gasteiger partial charge in [-0.2, -0.15) is 0 Å². The van der Waals surface area contributed by atoms with Crippen molar-refractivity contribution in [1.82, 2.24) is 4.90 Å². The standard InChI is InChI=1S/C25H34N2O4/c1-17-16-27(2)13-12-19(17)9-6-18-7-10-21(11-8-18)26-25(28)20-14-22(29-3)24(31-5)23(15-20)30-4/h7-8,10-11,14-15,17,19H,6,9,12-13,16H2,1-5H3,(H,26,28)/t17-,19+/m1/s1. The summed E-state index contributed by atoms with van der Waals surface area (Å²) in [5.74, 6) is 2.67. The Balaban J connectivity index is 1.61. The Kier molecular flexibility index (Phi) is 7.80. The van der Waals surface area contributed by atoms with Gasteiger partial charge in [-0.25, -0.2) is 0 Å². The lowest BCUT2D eigenvalue weighted by Crippen LogP contribution is -2.36. The molecule has 1 heterocycles. The van der Waals surface area contributed by atoms with Crippen molar-refractivity contribution in [2.45, 2.75) is 26.2 Å². The molecule has 6 nitrogen and oxygen atoms in total. The Morgan fingerprint density at radius 1 is 1.06 bits per heavy atom. The average molecular weight is 427 g/mol. The quantitative estimate of drug-likeness (QED) is 0.674. The van der Waals surface area contributed by atoms with Gasteiger partial charge in [0, 0.05) is 17.8 Å². The molecule has 1 fully saturated rings. The highest BCUT2D eigenvalue weighted by Gasteiger charge is 2.23. The SMILES string of the molecule is COc1cc(C(=O)Nc2ccc(CC[C@H]3CCN(C)C[C@H]3C)cc2)cc(OC)c1OC. The van der Waals surface area contributed by atoms with Crippen LogP contribution in [0.15, 0.2) is 36.4 Å². The van der Waals surface area contributed by atoms with Gasteiger partial charge < -0.3 is 24.4 Å². The van der Waals surface area contributed by atoms with E-state index in [2.05, 4.69) is 36.3 Å². The normalized spacial score (nSPS) is 19.0. The maximum Gasteiger partial charge on any atom is 0.255 e. The minimum absolute atomic E-state index is 0.229. The maximum atomic E-state index is 12.8. The van der Waals surface area contributed by atoms with Gasteiger partial charge in [0.2, 0.25) is 5.75 Å². The van der Waals surface area contributed by atoms with Crippen LogP contribution < -0.4 is 19.5 Å². The molecule has 0 saturated carbocycles. The van der Waals surface area contributed by atoms with E-state index in [0.29, 0.717) is 22.8 Å². The minimum Gasteiger partial charge on any atom is -0.493 e. The van der Waals surface area contributed by atoms with Gasteiger partial charge in [-0.1, -0.05) is 19.1 Å². The third-order valence-corrected chi connectivity index (χ3v) is 6.23. The van der Waals surface area contributed by atoms with Gasteiger partial charge in [0.15, 0.2) is 11.5 Å². The van der Waals surface area contributed by atoms with Crippen molar-refractivity contribution in [3.63, 3.8) is 0 Å². The van der Waals surface area contributed by atoms with Crippen LogP contribution in [-0.4, -0.2) is 52.3 Å². The lowest BCUT2D eigenvalue weighted by atomic mass is 9.83. The predicted octanol–water partition coefficient (Wildman–Crippen LogP) is 4.49. The first-order valence-electron chi connectivity index (χ1n) is 10.8. The summed E-state index contributed by atoms with van der Waals surface area (Å²) in [6.45, 7) is 4.75. The van der Waals surface area contributed by atoms with Crippen molar-refractivity contribution >= 4 is 11.6 Å². The van der Waals surface area contributed by atoms with Crippen LogP contribution in [0.3, 0.4) is 0 Å². The van der Waals surface area contributed by atoms with Crippen LogP contribution in [0.2, 0.25) is 0 Å². The highest BCUT2D eigenvalue weighted by atomic mass is 16.5. The molecule has 2 aromatic carbocycles. The molecule has 0 aliphatic carbocycles. The fraction of sp³-hybridized carbons (Fsp3) is 0.480. The van der Waals surface area contributed by atoms with Crippen molar-refractivity contribution in [2.24, 2.45) is 11.8 Å². The second kappa shape index (κ2) is 10.5. The molecule has 0 spiro atoms. The Morgan fingerprint density at radius 3 is 2.26 bits per heavy atom. The number of ether oxygens (including phenoxy) is 3. The number of hydrogen-bond donors (Lipinski definition) is 1. The summed E-state index contributed by atoms with van der Waals surface area (Å²) in [7, 11) is 6.81. The van der Waals surface area contributed by atoms with Crippen LogP contribution in [0.5, 0.6) is 17.2 Å². The first kappa shape index (κ1) is 22.9. The lowest BCUT2D eigenvalue weighted by molar-refractivity contribution is 0.102. The predicted molar refractivity (Wildman–Crippen MR) is 124 cm³/mol. The van der Waals surface area contributed by atoms with E-state index in [1.807, 2.05) is 12.1 Å². The molecule has 1 amide bonds. The zero-order valence-electron chi connectivity index (χ0n) is 19.2. The fourth-order valence-electron chi connectivity index (χ4n) is 4.35. The van der Waals surface area contributed by atoms with Crippen LogP contribution in [0.1, 0.15) is 35.7 Å². The van der Waals surface area contributed by atoms with Crippen molar-refractivity contribution < 1.29 is 19.0 Å². The number of hydrogen-bond acceptors (Lipinski definition) is 5. The highest BCUT2D eigenvalue weighted by molar-refractivity contribution is 6.05. The topological polar surface area (TPSA) is 60.0 Å². The fourth-order valence-corrected chi connectivity index (χ4v) is 4.35. The number of likely N-dealkylation sites (tertiary alicyclic amines) is 1. The number of amides is 1. The van der Waals surface area contributed by atoms with E-state index >= 15 is 0 Å². The molecule has 0 aromatic heterocycles. The minimum atomic E-state index is -0.229. The van der Waals surface area contributed by atoms with Gasteiger partial charge in [-0.15, -0.1) is 0 Å². The lowest BCUT2D eigenvalue weighted by Gasteiger charge is -2.34. The summed E-state index contributed by atoms with van der Waals surface area (Å²) in [5, 5.41) is 2.95. The number of nitrogens with one attached hydrogen (secondary N) is 1. The second-order valence-electron chi connectivity index (χ2n) is 8.39. The number of rotatable bonds is 8. The summed E-state index contributed by atoms with van der Waals surface area (Å²) < 4.78 is 16.0. The zero-order valence-corrected chi connectivity index (χ0v) is 19.2. The summed E-state index contributed by atoms with van der Waals surface area (Å²) in [5.41, 5.74) is 2.50. The first-order valence-corrected chi connectivity index (χ1v) is 10.8. The van der Waals surface area contributed by atoms with E-state index in [0.717, 1.165) is 23.9 Å². The number of methoxy groups -OCH3 is 3. The van der Waals surface area contributed by atoms with Gasteiger partial charge in [-0.05, 0) is 74.5 Å². The number of nitrogens with zero attached hydrogens (tertiary/aromatic N) is 1. The number of carbonyl (C=O) groups excluding carboxylic acids is 1. The van der Waals surface area contributed by atoms with Crippen molar-refractivity contribution in [1.29, 1.82) is 0 Å². The zero-order chi connectivity index (χ0) is 22.4. The van der Waals surface area contributed by atoms with Crippen LogP contribution in [0.4, 0.5) is 5.69 Å². The molecule has 31 heavy (non-hydrogen) atoms. The summed E-state index contributed by atoms with van der Waals surface area (Å²) >= 11 is 0. The molecule has 2 atom stereocenters. The van der Waals surface area contributed by atoms with Gasteiger partial charge in [-0.3, -0.25) is 4.79 Å². The van der Waals surface area contributed by atoms with E-state index in [-0.39, 0.29) is 5.91 Å². The van der Waals surface area contributed by atoms with Gasteiger partial charge in [0.05, 0.1) is 21.3 Å². The average Bonchev–Trinajstić information content (AvgIpc) is 2.78. The van der Waals surface area contributed by atoms with Crippen LogP contribution in [0, 0.1) is 11.8 Å². The van der Waals surface area contributed by atoms with Crippen LogP contribution in [0.25, 0.3) is 0 Å². The third-order valence-electron chi connectivity index (χ3n) is 6.23. The molecule has 1 N–H and O–H groups in total. The molecule has 6 heteroatoms. The first-order chi connectivity index (χ1) is 14.9. The number of anilines is 1. The smallest absolute Gasteiger partial charge is 0.255 e. The largest absolute Gasteiger partial charge is 0.493 e. The molecular formula is C25H34N2O4. The van der Waals surface area contributed by atoms with Crippen molar-refractivity contribution in [2.75, 3.05) is 46.8 Å². The van der Waals surface area contributed by atoms with E-state index in [1.54, 1.807) is 12.1 Å². The van der Waals surface area contributed by atoms with Gasteiger partial charge in [0.25, 0.3) is 5.91 Å². The third kappa shape index (κ3) is 5.70. The monoisotopic (exact) mass is 426 g/mol. The van der Waals surface area contributed by atoms with E-state index in [9.17, 15) is 4.79 Å². The number of aryl methyl sites for hydroxylation is 1. The van der Waals surface area contributed by atoms with Gasteiger partial charge in [0.1, 0.15) is 0 Å². The molecule has 0 radical (unpaired) electrons. The summed E-state index contributed by atoms with van der Waals surface area (Å²) in [6, 6.07) is 11.4. The summed E-state index contributed by atoms with van der Waals surface area (Å²) in [6.07, 6.45) is 3.56. The molecule has 1 aliphatic rings. The Bertz CT molecular complexity index is 857. The molecule has 168 valence electrons. The number of benzene rings is 2. The molecule has 1 saturated heterocycles. The Morgan fingerprint density at radius 2 is 1.71 bits per heavy atom. The highest BCUT2D eigenvalue weighted by Crippen LogP contribution is 2.38. The van der Waals surface area contributed by atoms with Crippen molar-refractivity contribution in [3.8, 4) is 17.2 Å². The molecule has 2 aromatic rings. The van der Waals surface area contributed by atoms with E-state index in [1.165, 1.54) is 52.8 Å². The van der Waals surface area contributed by atoms with Gasteiger partial charge >= 0.3 is 0 Å². The van der Waals surface area contributed by atoms with E-state index in [4.69, 9.17) is 14.2 Å². The second-order valence-corrected chi connectivity index (χ2v) is 8.39. The maximum absolute atomic E-state index is 12.8. The van der Waals surface area contributed by atoms with Crippen LogP contribution >= 0.6 is 0 Å². The Hall–Kier alpha value is -2.73. The molecular weight excluding hydrogens is 392 g/mol.